The summed E-state index contributed by atoms with van der Waals surface area (Å²) in [5.41, 5.74) is 1.90. The van der Waals surface area contributed by atoms with Gasteiger partial charge in [-0.1, -0.05) is 51.4 Å². The number of hydrogen-bond donors (Lipinski definition) is 2. The zero-order valence-electron chi connectivity index (χ0n) is 14.1. The molecule has 138 valence electrons. The predicted molar refractivity (Wildman–Crippen MR) is 103 cm³/mol. The number of H-pyrrole nitrogens is 1. The molecule has 0 bridgehead atoms. The Balaban J connectivity index is 1.84. The molecule has 28 heavy (non-hydrogen) atoms. The Morgan fingerprint density at radius 1 is 1.11 bits per heavy atom. The summed E-state index contributed by atoms with van der Waals surface area (Å²) in [7, 11) is 0. The van der Waals surface area contributed by atoms with Gasteiger partial charge in [0.05, 0.1) is 5.69 Å². The smallest absolute Gasteiger partial charge is 0.288 e. The van der Waals surface area contributed by atoms with Crippen LogP contribution in [0.5, 0.6) is 0 Å². The highest BCUT2D eigenvalue weighted by molar-refractivity contribution is 9.10. The largest absolute Gasteiger partial charge is 0.318 e. The second-order valence-corrected chi connectivity index (χ2v) is 7.11. The molecule has 5 rings (SSSR count). The number of fused-ring (bicyclic) bond motifs is 2. The van der Waals surface area contributed by atoms with Gasteiger partial charge in [0.25, 0.3) is 5.56 Å². The van der Waals surface area contributed by atoms with Crippen LogP contribution >= 0.6 is 15.9 Å². The first kappa shape index (κ1) is 16.8. The van der Waals surface area contributed by atoms with E-state index in [1.54, 1.807) is 18.2 Å². The molecule has 1 aliphatic heterocycles. The number of anilines is 2. The third-order valence-electron chi connectivity index (χ3n) is 4.59. The first-order valence-electron chi connectivity index (χ1n) is 8.31. The van der Waals surface area contributed by atoms with Crippen molar-refractivity contribution in [3.8, 4) is 11.3 Å². The summed E-state index contributed by atoms with van der Waals surface area (Å²) in [5.74, 6) is -0.178. The number of nitrogens with one attached hydrogen (secondary N) is 2. The van der Waals surface area contributed by atoms with Crippen molar-refractivity contribution in [1.29, 1.82) is 0 Å². The molecule has 0 unspecified atom stereocenters. The summed E-state index contributed by atoms with van der Waals surface area (Å²) >= 11 is 3.41. The lowest BCUT2D eigenvalue weighted by Crippen LogP contribution is -2.29. The van der Waals surface area contributed by atoms with Crippen LogP contribution in [0.3, 0.4) is 0 Å². The monoisotopic (exact) mass is 439 g/mol. The maximum absolute atomic E-state index is 14.7. The molecule has 0 aliphatic carbocycles. The van der Waals surface area contributed by atoms with Gasteiger partial charge >= 0.3 is 0 Å². The van der Waals surface area contributed by atoms with Gasteiger partial charge in [0.2, 0.25) is 5.95 Å². The van der Waals surface area contributed by atoms with Crippen molar-refractivity contribution in [2.45, 2.75) is 6.04 Å². The number of halogens is 2. The van der Waals surface area contributed by atoms with Crippen LogP contribution < -0.4 is 10.9 Å². The molecule has 2 aromatic carbocycles. The second-order valence-electron chi connectivity index (χ2n) is 6.19. The van der Waals surface area contributed by atoms with Crippen LogP contribution in [-0.2, 0) is 0 Å². The fourth-order valence-electron chi connectivity index (χ4n) is 3.35. The summed E-state index contributed by atoms with van der Waals surface area (Å²) in [6.45, 7) is 0. The zero-order chi connectivity index (χ0) is 19.3. The maximum Gasteiger partial charge on any atom is 0.288 e. The summed E-state index contributed by atoms with van der Waals surface area (Å²) in [4.78, 5) is 12.5. The molecule has 3 heterocycles. The zero-order valence-corrected chi connectivity index (χ0v) is 15.7. The normalized spacial score (nSPS) is 14.9. The molecule has 0 saturated carbocycles. The van der Waals surface area contributed by atoms with Gasteiger partial charge in [0.1, 0.15) is 17.5 Å². The van der Waals surface area contributed by atoms with E-state index in [-0.39, 0.29) is 11.6 Å². The van der Waals surface area contributed by atoms with E-state index in [1.807, 2.05) is 24.3 Å². The number of hydrogen-bond acceptors (Lipinski definition) is 6. The van der Waals surface area contributed by atoms with E-state index >= 15 is 0 Å². The molecule has 1 aliphatic rings. The van der Waals surface area contributed by atoms with Gasteiger partial charge in [0, 0.05) is 21.2 Å². The SMILES string of the molecule is O=c1[nH]nc(-c2ccc(Br)cc2)c2c1Nc1nnnn1[C@@H]2c1ccccc1F. The molecule has 0 spiro atoms. The minimum absolute atomic E-state index is 0.239. The molecule has 2 aromatic heterocycles. The maximum atomic E-state index is 14.7. The van der Waals surface area contributed by atoms with E-state index in [1.165, 1.54) is 10.7 Å². The van der Waals surface area contributed by atoms with Crippen molar-refractivity contribution in [2.75, 3.05) is 5.32 Å². The first-order chi connectivity index (χ1) is 13.6. The average molecular weight is 440 g/mol. The van der Waals surface area contributed by atoms with E-state index in [9.17, 15) is 9.18 Å². The van der Waals surface area contributed by atoms with E-state index in [0.29, 0.717) is 16.8 Å². The van der Waals surface area contributed by atoms with Crippen molar-refractivity contribution >= 4 is 27.6 Å². The Bertz CT molecular complexity index is 1250. The van der Waals surface area contributed by atoms with Crippen molar-refractivity contribution in [3.05, 3.63) is 80.3 Å². The molecule has 0 fully saturated rings. The Morgan fingerprint density at radius 3 is 2.68 bits per heavy atom. The van der Waals surface area contributed by atoms with Gasteiger partial charge in [-0.2, -0.15) is 9.78 Å². The van der Waals surface area contributed by atoms with Gasteiger partial charge in [-0.3, -0.25) is 4.79 Å². The third-order valence-corrected chi connectivity index (χ3v) is 5.11. The van der Waals surface area contributed by atoms with Crippen molar-refractivity contribution in [1.82, 2.24) is 30.4 Å². The Kier molecular flexibility index (Phi) is 3.79. The minimum Gasteiger partial charge on any atom is -0.318 e. The lowest BCUT2D eigenvalue weighted by Gasteiger charge is -2.28. The highest BCUT2D eigenvalue weighted by atomic mass is 79.9. The van der Waals surface area contributed by atoms with E-state index in [0.717, 1.165) is 10.0 Å². The number of aromatic nitrogens is 6. The molecule has 0 amide bonds. The average Bonchev–Trinajstić information content (AvgIpc) is 3.17. The molecule has 10 heteroatoms. The number of tetrazole rings is 1. The lowest BCUT2D eigenvalue weighted by molar-refractivity contribution is 0.527. The molecule has 2 N–H and O–H groups in total. The summed E-state index contributed by atoms with van der Waals surface area (Å²) in [5, 5.41) is 21.3. The topological polar surface area (TPSA) is 101 Å². The highest BCUT2D eigenvalue weighted by Gasteiger charge is 2.35. The second kappa shape index (κ2) is 6.34. The number of benzene rings is 2. The molecular weight excluding hydrogens is 429 g/mol. The third kappa shape index (κ3) is 2.53. The fourth-order valence-corrected chi connectivity index (χ4v) is 3.61. The quantitative estimate of drug-likeness (QED) is 0.438. The molecule has 8 nitrogen and oxygen atoms in total. The lowest BCUT2D eigenvalue weighted by atomic mass is 9.92. The Labute approximate surface area is 165 Å². The fraction of sp³-hybridized carbons (Fsp3) is 0.0556. The van der Waals surface area contributed by atoms with E-state index < -0.39 is 17.4 Å². The van der Waals surface area contributed by atoms with Gasteiger partial charge in [-0.25, -0.2) is 9.49 Å². The van der Waals surface area contributed by atoms with Crippen LogP contribution in [0.1, 0.15) is 17.2 Å². The number of nitrogens with zero attached hydrogens (tertiary/aromatic N) is 5. The van der Waals surface area contributed by atoms with Crippen LogP contribution in [0, 0.1) is 5.82 Å². The van der Waals surface area contributed by atoms with Gasteiger partial charge in [-0.05, 0) is 28.6 Å². The van der Waals surface area contributed by atoms with Crippen LogP contribution in [0.25, 0.3) is 11.3 Å². The minimum atomic E-state index is -0.754. The Morgan fingerprint density at radius 2 is 1.89 bits per heavy atom. The molecular formula is C18H11BrFN7O. The van der Waals surface area contributed by atoms with Crippen molar-refractivity contribution in [3.63, 3.8) is 0 Å². The molecule has 4 aromatic rings. The van der Waals surface area contributed by atoms with E-state index in [4.69, 9.17) is 0 Å². The van der Waals surface area contributed by atoms with Crippen molar-refractivity contribution in [2.24, 2.45) is 0 Å². The van der Waals surface area contributed by atoms with Gasteiger partial charge in [-0.15, -0.1) is 0 Å². The van der Waals surface area contributed by atoms with Crippen molar-refractivity contribution < 1.29 is 4.39 Å². The highest BCUT2D eigenvalue weighted by Crippen LogP contribution is 2.41. The van der Waals surface area contributed by atoms with E-state index in [2.05, 4.69) is 47.0 Å². The molecule has 0 saturated heterocycles. The number of aromatic amines is 1. The molecule has 1 atom stereocenters. The summed E-state index contributed by atoms with van der Waals surface area (Å²) in [6, 6.07) is 13.0. The summed E-state index contributed by atoms with van der Waals surface area (Å²) in [6.07, 6.45) is 0. The van der Waals surface area contributed by atoms with Crippen LogP contribution in [-0.4, -0.2) is 30.4 Å². The van der Waals surface area contributed by atoms with Crippen LogP contribution in [0.2, 0.25) is 0 Å². The molecule has 0 radical (unpaired) electrons. The van der Waals surface area contributed by atoms with Gasteiger partial charge in [0.15, 0.2) is 0 Å². The standard InChI is InChI=1S/C18H11BrFN7O/c19-10-7-5-9(6-8-10)14-13-15(17(28)23-22-14)21-18-24-25-26-27(18)16(13)11-3-1-2-4-12(11)20/h1-8,16H,(H,23,28)(H,21,24,26)/t16-/m1/s1. The van der Waals surface area contributed by atoms with Crippen LogP contribution in [0.15, 0.2) is 57.8 Å². The predicted octanol–water partition coefficient (Wildman–Crippen LogP) is 3.02. The first-order valence-corrected chi connectivity index (χ1v) is 9.10. The Hall–Kier alpha value is -3.40. The van der Waals surface area contributed by atoms with Crippen LogP contribution in [0.4, 0.5) is 16.0 Å². The number of rotatable bonds is 2. The summed E-state index contributed by atoms with van der Waals surface area (Å²) < 4.78 is 17.1. The van der Waals surface area contributed by atoms with Gasteiger partial charge < -0.3 is 5.32 Å².